The normalized spacial score (nSPS) is 13.7. The molecule has 0 saturated carbocycles. The highest BCUT2D eigenvalue weighted by atomic mass is 19.1. The third kappa shape index (κ3) is 5.93. The van der Waals surface area contributed by atoms with Gasteiger partial charge in [0.05, 0.1) is 24.3 Å². The maximum atomic E-state index is 13.3. The summed E-state index contributed by atoms with van der Waals surface area (Å²) in [6.07, 6.45) is 1.45. The molecule has 3 N–H and O–H groups in total. The Hall–Kier alpha value is -4.23. The second kappa shape index (κ2) is 10.4. The third-order valence-corrected chi connectivity index (χ3v) is 4.55. The van der Waals surface area contributed by atoms with Gasteiger partial charge in [-0.15, -0.1) is 5.26 Å². The van der Waals surface area contributed by atoms with E-state index < -0.39 is 0 Å². The summed E-state index contributed by atoms with van der Waals surface area (Å²) in [5, 5.41) is 15.6. The van der Waals surface area contributed by atoms with Gasteiger partial charge in [-0.2, -0.15) is 20.1 Å². The lowest BCUT2D eigenvalue weighted by molar-refractivity contribution is -0.835. The van der Waals surface area contributed by atoms with Gasteiger partial charge in [0, 0.05) is 30.9 Å². The van der Waals surface area contributed by atoms with E-state index in [0.29, 0.717) is 43.5 Å². The fourth-order valence-corrected chi connectivity index (χ4v) is 2.97. The zero-order chi connectivity index (χ0) is 23.0. The SMILES string of the molecule is O=[N+](OO)c1ccc(Nc2nc(N/N=C/c3cccc(F)c3)nc(N3CCOCC3)n2)cc1. The number of nitrogens with zero attached hydrogens (tertiary/aromatic N) is 6. The molecule has 4 rings (SSSR count). The van der Waals surface area contributed by atoms with Crippen LogP contribution in [0, 0.1) is 10.7 Å². The maximum absolute atomic E-state index is 13.3. The molecule has 0 amide bonds. The predicted molar refractivity (Wildman–Crippen MR) is 117 cm³/mol. The number of aromatic nitrogens is 3. The zero-order valence-electron chi connectivity index (χ0n) is 17.3. The summed E-state index contributed by atoms with van der Waals surface area (Å²) in [6, 6.07) is 12.1. The second-order valence-electron chi connectivity index (χ2n) is 6.82. The molecule has 0 unspecified atom stereocenters. The van der Waals surface area contributed by atoms with E-state index in [0.717, 1.165) is 0 Å². The molecule has 13 heteroatoms. The molecule has 2 heterocycles. The Kier molecular flexibility index (Phi) is 6.92. The van der Waals surface area contributed by atoms with Crippen LogP contribution in [0.25, 0.3) is 0 Å². The molecule has 12 nitrogen and oxygen atoms in total. The highest BCUT2D eigenvalue weighted by Gasteiger charge is 2.18. The fourth-order valence-electron chi connectivity index (χ4n) is 2.97. The monoisotopic (exact) mass is 455 g/mol. The summed E-state index contributed by atoms with van der Waals surface area (Å²) < 4.78 is 18.7. The first-order valence-electron chi connectivity index (χ1n) is 9.90. The second-order valence-corrected chi connectivity index (χ2v) is 6.82. The van der Waals surface area contributed by atoms with Gasteiger partial charge in [0.1, 0.15) is 5.82 Å². The smallest absolute Gasteiger partial charge is 0.320 e. The van der Waals surface area contributed by atoms with E-state index in [4.69, 9.17) is 9.99 Å². The van der Waals surface area contributed by atoms with Crippen molar-refractivity contribution in [3.05, 3.63) is 64.8 Å². The van der Waals surface area contributed by atoms with Crippen molar-refractivity contribution in [1.82, 2.24) is 15.0 Å². The largest absolute Gasteiger partial charge is 0.378 e. The molecule has 2 aromatic carbocycles. The number of anilines is 4. The minimum absolute atomic E-state index is 0.0398. The number of nitrogens with one attached hydrogen (secondary N) is 2. The number of hydrogen-bond acceptors (Lipinski definition) is 11. The van der Waals surface area contributed by atoms with Gasteiger partial charge in [-0.25, -0.2) is 9.82 Å². The molecular formula is C20H20FN8O4+. The standard InChI is InChI=1S/C20H19FN8O4/c21-15-3-1-2-14(12-15)13-22-27-19-24-18(25-20(26-19)28-8-10-32-11-9-28)23-16-4-6-17(7-5-16)29(30)33-31/h1-7,12-13H,8-11H2,(H2-,23,24,25,26,27,31)/p+1/b22-13+. The molecule has 3 aromatic rings. The number of ether oxygens (including phenoxy) is 1. The molecule has 0 spiro atoms. The van der Waals surface area contributed by atoms with Crippen molar-refractivity contribution in [2.75, 3.05) is 41.9 Å². The van der Waals surface area contributed by atoms with E-state index >= 15 is 0 Å². The first-order chi connectivity index (χ1) is 16.1. The fraction of sp³-hybridized carbons (Fsp3) is 0.200. The number of benzene rings is 2. The first kappa shape index (κ1) is 22.0. The van der Waals surface area contributed by atoms with Crippen molar-refractivity contribution < 1.29 is 24.3 Å². The van der Waals surface area contributed by atoms with Crippen molar-refractivity contribution in [2.24, 2.45) is 5.10 Å². The van der Waals surface area contributed by atoms with E-state index in [-0.39, 0.29) is 28.3 Å². The van der Waals surface area contributed by atoms with Gasteiger partial charge in [0.15, 0.2) is 0 Å². The van der Waals surface area contributed by atoms with Gasteiger partial charge in [-0.05, 0) is 34.8 Å². The number of halogens is 1. The Labute approximate surface area is 187 Å². The predicted octanol–water partition coefficient (Wildman–Crippen LogP) is 2.85. The van der Waals surface area contributed by atoms with E-state index in [1.54, 1.807) is 24.3 Å². The van der Waals surface area contributed by atoms with Gasteiger partial charge in [0.2, 0.25) is 17.8 Å². The molecule has 0 radical (unpaired) electrons. The Morgan fingerprint density at radius 1 is 1.12 bits per heavy atom. The lowest BCUT2D eigenvalue weighted by Gasteiger charge is -2.27. The molecule has 1 aliphatic heterocycles. The lowest BCUT2D eigenvalue weighted by atomic mass is 10.2. The summed E-state index contributed by atoms with van der Waals surface area (Å²) in [7, 11) is 0. The number of hydrogen-bond donors (Lipinski definition) is 3. The Bertz CT molecular complexity index is 1140. The molecule has 170 valence electrons. The highest BCUT2D eigenvalue weighted by molar-refractivity contribution is 5.79. The molecule has 1 fully saturated rings. The van der Waals surface area contributed by atoms with Crippen molar-refractivity contribution >= 4 is 35.4 Å². The Balaban J connectivity index is 1.55. The van der Waals surface area contributed by atoms with Crippen LogP contribution in [0.1, 0.15) is 5.56 Å². The van der Waals surface area contributed by atoms with Gasteiger partial charge in [-0.3, -0.25) is 0 Å². The summed E-state index contributed by atoms with van der Waals surface area (Å²) in [5.41, 5.74) is 4.00. The molecule has 33 heavy (non-hydrogen) atoms. The first-order valence-corrected chi connectivity index (χ1v) is 9.90. The molecule has 0 bridgehead atoms. The minimum Gasteiger partial charge on any atom is -0.378 e. The number of hydrazone groups is 1. The van der Waals surface area contributed by atoms with E-state index in [1.165, 1.54) is 30.5 Å². The molecular weight excluding hydrogens is 435 g/mol. The van der Waals surface area contributed by atoms with Crippen LogP contribution in [0.4, 0.5) is 33.6 Å². The Morgan fingerprint density at radius 2 is 1.88 bits per heavy atom. The maximum Gasteiger partial charge on any atom is 0.320 e. The van der Waals surface area contributed by atoms with Crippen LogP contribution in [-0.4, -0.2) is 57.7 Å². The van der Waals surface area contributed by atoms with Crippen LogP contribution in [-0.2, 0) is 9.73 Å². The van der Waals surface area contributed by atoms with Crippen molar-refractivity contribution in [3.8, 4) is 0 Å². The van der Waals surface area contributed by atoms with Crippen LogP contribution in [0.15, 0.2) is 53.6 Å². The molecule has 0 atom stereocenters. The summed E-state index contributed by atoms with van der Waals surface area (Å²) in [4.78, 5) is 30.0. The minimum atomic E-state index is -0.364. The zero-order valence-corrected chi connectivity index (χ0v) is 17.3. The van der Waals surface area contributed by atoms with Crippen molar-refractivity contribution in [3.63, 3.8) is 0 Å². The molecule has 0 aliphatic carbocycles. The van der Waals surface area contributed by atoms with Crippen LogP contribution in [0.3, 0.4) is 0 Å². The van der Waals surface area contributed by atoms with Gasteiger partial charge < -0.3 is 15.0 Å². The molecule has 1 aromatic heterocycles. The van der Waals surface area contributed by atoms with Gasteiger partial charge in [-0.1, -0.05) is 12.1 Å². The molecule has 1 saturated heterocycles. The highest BCUT2D eigenvalue weighted by Crippen LogP contribution is 2.21. The van der Waals surface area contributed by atoms with Crippen molar-refractivity contribution in [1.29, 1.82) is 0 Å². The van der Waals surface area contributed by atoms with E-state index in [9.17, 15) is 9.30 Å². The number of morpholine rings is 1. The summed E-state index contributed by atoms with van der Waals surface area (Å²) in [5.74, 6) is 0.477. The topological polar surface area (TPSA) is 137 Å². The van der Waals surface area contributed by atoms with Crippen molar-refractivity contribution in [2.45, 2.75) is 0 Å². The summed E-state index contributed by atoms with van der Waals surface area (Å²) >= 11 is 0. The number of rotatable bonds is 8. The van der Waals surface area contributed by atoms with E-state index in [2.05, 4.69) is 35.8 Å². The van der Waals surface area contributed by atoms with E-state index in [1.807, 2.05) is 4.90 Å². The average Bonchev–Trinajstić information content (AvgIpc) is 2.84. The average molecular weight is 455 g/mol. The quantitative estimate of drug-likeness (QED) is 0.264. The van der Waals surface area contributed by atoms with Crippen LogP contribution < -0.4 is 15.6 Å². The van der Waals surface area contributed by atoms with Crippen LogP contribution >= 0.6 is 0 Å². The third-order valence-electron chi connectivity index (χ3n) is 4.55. The summed E-state index contributed by atoms with van der Waals surface area (Å²) in [6.45, 7) is 2.33. The van der Waals surface area contributed by atoms with Crippen LogP contribution in [0.2, 0.25) is 0 Å². The lowest BCUT2D eigenvalue weighted by Crippen LogP contribution is -2.37. The van der Waals surface area contributed by atoms with Gasteiger partial charge >= 0.3 is 5.69 Å². The molecule has 1 aliphatic rings. The van der Waals surface area contributed by atoms with Gasteiger partial charge in [0.25, 0.3) is 4.92 Å². The van der Waals surface area contributed by atoms with Crippen LogP contribution in [0.5, 0.6) is 0 Å². The Morgan fingerprint density at radius 3 is 2.61 bits per heavy atom.